The standard InChI is InChI=1S/C14H9N3O4/c15-8-9-1-3-10(4-2-9)16-13-7-11(17(20)21)5-6-12(13)14(18)19/h1-7,16H,(H,18,19). The molecule has 7 heteroatoms. The number of rotatable bonds is 4. The Bertz CT molecular complexity index is 748. The molecule has 0 spiro atoms. The average Bonchev–Trinajstić information content (AvgIpc) is 2.47. The molecule has 0 fully saturated rings. The summed E-state index contributed by atoms with van der Waals surface area (Å²) in [6.45, 7) is 0. The van der Waals surface area contributed by atoms with Crippen molar-refractivity contribution < 1.29 is 14.8 Å². The molecule has 0 aliphatic heterocycles. The number of hydrogen-bond donors (Lipinski definition) is 2. The number of non-ortho nitro benzene ring substituents is 1. The van der Waals surface area contributed by atoms with Crippen LogP contribution in [0.1, 0.15) is 15.9 Å². The van der Waals surface area contributed by atoms with E-state index in [1.807, 2.05) is 6.07 Å². The molecule has 0 saturated carbocycles. The van der Waals surface area contributed by atoms with E-state index < -0.39 is 10.9 Å². The van der Waals surface area contributed by atoms with Crippen LogP contribution < -0.4 is 5.32 Å². The first-order valence-corrected chi connectivity index (χ1v) is 5.80. The highest BCUT2D eigenvalue weighted by Gasteiger charge is 2.15. The normalized spacial score (nSPS) is 9.67. The lowest BCUT2D eigenvalue weighted by Gasteiger charge is -2.09. The summed E-state index contributed by atoms with van der Waals surface area (Å²) in [7, 11) is 0. The number of nitro benzene ring substituents is 1. The topological polar surface area (TPSA) is 116 Å². The van der Waals surface area contributed by atoms with E-state index in [2.05, 4.69) is 5.32 Å². The van der Waals surface area contributed by atoms with E-state index in [9.17, 15) is 14.9 Å². The summed E-state index contributed by atoms with van der Waals surface area (Å²) in [5, 5.41) is 31.4. The minimum Gasteiger partial charge on any atom is -0.478 e. The van der Waals surface area contributed by atoms with Crippen LogP contribution in [0.15, 0.2) is 42.5 Å². The first kappa shape index (κ1) is 14.0. The highest BCUT2D eigenvalue weighted by Crippen LogP contribution is 2.26. The van der Waals surface area contributed by atoms with Crippen LogP contribution in [0, 0.1) is 21.4 Å². The Morgan fingerprint density at radius 2 is 1.90 bits per heavy atom. The zero-order chi connectivity index (χ0) is 15.4. The van der Waals surface area contributed by atoms with Crippen LogP contribution in [-0.2, 0) is 0 Å². The van der Waals surface area contributed by atoms with Crippen LogP contribution in [-0.4, -0.2) is 16.0 Å². The number of carbonyl (C=O) groups is 1. The molecular weight excluding hydrogens is 274 g/mol. The third-order valence-corrected chi connectivity index (χ3v) is 2.74. The number of carboxylic acids is 1. The van der Waals surface area contributed by atoms with Gasteiger partial charge in [-0.3, -0.25) is 10.1 Å². The number of nitro groups is 1. The van der Waals surface area contributed by atoms with Gasteiger partial charge in [-0.05, 0) is 30.3 Å². The highest BCUT2D eigenvalue weighted by atomic mass is 16.6. The highest BCUT2D eigenvalue weighted by molar-refractivity contribution is 5.95. The molecule has 0 aliphatic carbocycles. The Morgan fingerprint density at radius 1 is 1.24 bits per heavy atom. The molecule has 0 amide bonds. The fourth-order valence-corrected chi connectivity index (χ4v) is 1.72. The van der Waals surface area contributed by atoms with Gasteiger partial charge in [0.2, 0.25) is 0 Å². The lowest BCUT2D eigenvalue weighted by Crippen LogP contribution is -2.03. The molecule has 0 bridgehead atoms. The first-order chi connectivity index (χ1) is 10.0. The summed E-state index contributed by atoms with van der Waals surface area (Å²) in [5.74, 6) is -1.19. The molecule has 2 aromatic carbocycles. The van der Waals surface area contributed by atoms with Gasteiger partial charge in [0.15, 0.2) is 0 Å². The van der Waals surface area contributed by atoms with Crippen LogP contribution in [0.4, 0.5) is 17.1 Å². The molecule has 0 unspecified atom stereocenters. The van der Waals surface area contributed by atoms with Crippen LogP contribution in [0.3, 0.4) is 0 Å². The number of nitriles is 1. The van der Waals surface area contributed by atoms with Crippen molar-refractivity contribution in [2.75, 3.05) is 5.32 Å². The predicted octanol–water partition coefficient (Wildman–Crippen LogP) is 2.91. The van der Waals surface area contributed by atoms with Gasteiger partial charge in [-0.1, -0.05) is 0 Å². The van der Waals surface area contributed by atoms with Crippen molar-refractivity contribution in [2.24, 2.45) is 0 Å². The number of carboxylic acid groups (broad SMARTS) is 1. The number of anilines is 2. The quantitative estimate of drug-likeness (QED) is 0.658. The number of hydrogen-bond acceptors (Lipinski definition) is 5. The predicted molar refractivity (Wildman–Crippen MR) is 74.5 cm³/mol. The van der Waals surface area contributed by atoms with Crippen LogP contribution >= 0.6 is 0 Å². The van der Waals surface area contributed by atoms with Crippen molar-refractivity contribution >= 4 is 23.0 Å². The minimum absolute atomic E-state index is 0.0787. The van der Waals surface area contributed by atoms with Gasteiger partial charge in [-0.25, -0.2) is 4.79 Å². The fraction of sp³-hybridized carbons (Fsp3) is 0. The summed E-state index contributed by atoms with van der Waals surface area (Å²) in [6, 6.07) is 11.7. The minimum atomic E-state index is -1.19. The molecule has 0 atom stereocenters. The van der Waals surface area contributed by atoms with E-state index in [-0.39, 0.29) is 16.9 Å². The summed E-state index contributed by atoms with van der Waals surface area (Å²) < 4.78 is 0. The van der Waals surface area contributed by atoms with E-state index in [0.717, 1.165) is 12.1 Å². The maximum atomic E-state index is 11.1. The monoisotopic (exact) mass is 283 g/mol. The van der Waals surface area contributed by atoms with Gasteiger partial charge in [0, 0.05) is 17.8 Å². The third-order valence-electron chi connectivity index (χ3n) is 2.74. The van der Waals surface area contributed by atoms with Gasteiger partial charge in [0.25, 0.3) is 5.69 Å². The number of benzene rings is 2. The Kier molecular flexibility index (Phi) is 3.81. The van der Waals surface area contributed by atoms with E-state index in [0.29, 0.717) is 11.3 Å². The average molecular weight is 283 g/mol. The van der Waals surface area contributed by atoms with Crippen LogP contribution in [0.25, 0.3) is 0 Å². The molecule has 21 heavy (non-hydrogen) atoms. The van der Waals surface area contributed by atoms with E-state index in [1.165, 1.54) is 6.07 Å². The van der Waals surface area contributed by atoms with Gasteiger partial charge in [0.05, 0.1) is 27.8 Å². The first-order valence-electron chi connectivity index (χ1n) is 5.80. The van der Waals surface area contributed by atoms with Gasteiger partial charge in [-0.2, -0.15) is 5.26 Å². The van der Waals surface area contributed by atoms with Gasteiger partial charge in [-0.15, -0.1) is 0 Å². The van der Waals surface area contributed by atoms with E-state index >= 15 is 0 Å². The Hall–Kier alpha value is -3.40. The molecule has 0 aromatic heterocycles. The largest absolute Gasteiger partial charge is 0.478 e. The third kappa shape index (κ3) is 3.13. The van der Waals surface area contributed by atoms with Crippen molar-refractivity contribution in [2.45, 2.75) is 0 Å². The zero-order valence-corrected chi connectivity index (χ0v) is 10.6. The number of nitrogens with one attached hydrogen (secondary N) is 1. The van der Waals surface area contributed by atoms with Crippen molar-refractivity contribution in [3.8, 4) is 6.07 Å². The van der Waals surface area contributed by atoms with Gasteiger partial charge in [0.1, 0.15) is 0 Å². The molecule has 2 rings (SSSR count). The molecule has 0 aliphatic rings. The van der Waals surface area contributed by atoms with Crippen LogP contribution in [0.2, 0.25) is 0 Å². The molecule has 104 valence electrons. The Morgan fingerprint density at radius 3 is 2.43 bits per heavy atom. The maximum Gasteiger partial charge on any atom is 0.337 e. The summed E-state index contributed by atoms with van der Waals surface area (Å²) in [4.78, 5) is 21.3. The maximum absolute atomic E-state index is 11.1. The summed E-state index contributed by atoms with van der Waals surface area (Å²) >= 11 is 0. The van der Waals surface area contributed by atoms with E-state index in [1.54, 1.807) is 24.3 Å². The van der Waals surface area contributed by atoms with Crippen molar-refractivity contribution in [1.29, 1.82) is 5.26 Å². The van der Waals surface area contributed by atoms with Crippen molar-refractivity contribution in [3.63, 3.8) is 0 Å². The lowest BCUT2D eigenvalue weighted by molar-refractivity contribution is -0.384. The number of aromatic carboxylic acids is 1. The van der Waals surface area contributed by atoms with Gasteiger partial charge < -0.3 is 10.4 Å². The molecule has 0 heterocycles. The van der Waals surface area contributed by atoms with Crippen LogP contribution in [0.5, 0.6) is 0 Å². The van der Waals surface area contributed by atoms with Crippen molar-refractivity contribution in [1.82, 2.24) is 0 Å². The number of nitrogens with zero attached hydrogens (tertiary/aromatic N) is 2. The summed E-state index contributed by atoms with van der Waals surface area (Å²) in [5.41, 5.74) is 0.803. The van der Waals surface area contributed by atoms with Gasteiger partial charge >= 0.3 is 5.97 Å². The molecule has 0 radical (unpaired) electrons. The second-order valence-corrected chi connectivity index (χ2v) is 4.11. The lowest BCUT2D eigenvalue weighted by atomic mass is 10.1. The fourth-order valence-electron chi connectivity index (χ4n) is 1.72. The SMILES string of the molecule is N#Cc1ccc(Nc2cc([N+](=O)[O-])ccc2C(=O)O)cc1. The molecule has 2 aromatic rings. The molecule has 2 N–H and O–H groups in total. The second-order valence-electron chi connectivity index (χ2n) is 4.11. The van der Waals surface area contributed by atoms with E-state index in [4.69, 9.17) is 10.4 Å². The zero-order valence-electron chi connectivity index (χ0n) is 10.6. The molecular formula is C14H9N3O4. The van der Waals surface area contributed by atoms with Crippen molar-refractivity contribution in [3.05, 3.63) is 63.7 Å². The summed E-state index contributed by atoms with van der Waals surface area (Å²) in [6.07, 6.45) is 0. The second kappa shape index (κ2) is 5.71. The Balaban J connectivity index is 2.40. The smallest absolute Gasteiger partial charge is 0.337 e. The Labute approximate surface area is 119 Å². The molecule has 0 saturated heterocycles. The molecule has 7 nitrogen and oxygen atoms in total.